The highest BCUT2D eigenvalue weighted by Gasteiger charge is 2.00. The van der Waals surface area contributed by atoms with Crippen molar-refractivity contribution in [3.8, 4) is 0 Å². The second-order valence-electron chi connectivity index (χ2n) is 6.09. The third-order valence-corrected chi connectivity index (χ3v) is 2.30. The van der Waals surface area contributed by atoms with Gasteiger partial charge in [-0.1, -0.05) is 64.2 Å². The van der Waals surface area contributed by atoms with E-state index in [4.69, 9.17) is 4.74 Å². The molecule has 0 heterocycles. The average Bonchev–Trinajstić information content (AvgIpc) is 2.31. The summed E-state index contributed by atoms with van der Waals surface area (Å²) in [6.07, 6.45) is 12.1. The highest BCUT2D eigenvalue weighted by molar-refractivity contribution is 5.29. The minimum atomic E-state index is 0.474. The minimum Gasteiger partial charge on any atom is -0.457 e. The van der Waals surface area contributed by atoms with Crippen LogP contribution in [0.2, 0.25) is 0 Å². The summed E-state index contributed by atoms with van der Waals surface area (Å²) in [7, 11) is 0. The van der Waals surface area contributed by atoms with E-state index in [0.717, 1.165) is 22.7 Å². The molecular formula is C20H30O. The molecule has 0 fully saturated rings. The molecule has 0 unspecified atom stereocenters. The highest BCUT2D eigenvalue weighted by Crippen LogP contribution is 2.15. The zero-order valence-corrected chi connectivity index (χ0v) is 14.4. The Labute approximate surface area is 131 Å². The van der Waals surface area contributed by atoms with Crippen LogP contribution in [0.3, 0.4) is 0 Å². The van der Waals surface area contributed by atoms with Crippen molar-refractivity contribution in [3.63, 3.8) is 0 Å². The smallest absolute Gasteiger partial charge is 0.127 e. The van der Waals surface area contributed by atoms with Crippen LogP contribution in [-0.4, -0.2) is 0 Å². The van der Waals surface area contributed by atoms with Crippen LogP contribution >= 0.6 is 0 Å². The number of hydrogen-bond donors (Lipinski definition) is 0. The highest BCUT2D eigenvalue weighted by atomic mass is 16.5. The Kier molecular flexibility index (Phi) is 9.20. The zero-order valence-electron chi connectivity index (χ0n) is 14.4. The van der Waals surface area contributed by atoms with Gasteiger partial charge in [0.1, 0.15) is 11.5 Å². The molecule has 0 bridgehead atoms. The number of ether oxygens (including phenoxy) is 1. The van der Waals surface area contributed by atoms with Gasteiger partial charge < -0.3 is 4.74 Å². The Morgan fingerprint density at radius 3 is 1.33 bits per heavy atom. The first kappa shape index (κ1) is 19.2. The van der Waals surface area contributed by atoms with Gasteiger partial charge in [0.2, 0.25) is 0 Å². The lowest BCUT2D eigenvalue weighted by Crippen LogP contribution is -1.92. The fourth-order valence-electron chi connectivity index (χ4n) is 1.42. The molecular weight excluding hydrogens is 256 g/mol. The van der Waals surface area contributed by atoms with Crippen molar-refractivity contribution in [1.82, 2.24) is 0 Å². The summed E-state index contributed by atoms with van der Waals surface area (Å²) in [6.45, 7) is 20.3. The van der Waals surface area contributed by atoms with E-state index in [1.54, 1.807) is 0 Å². The van der Waals surface area contributed by atoms with Gasteiger partial charge in [-0.2, -0.15) is 0 Å². The Balaban J connectivity index is 5.31. The standard InChI is InChI=1S/C20H30O/c1-15(2)9-11-19(13-17(5)6)21-20(14-18(7)8)12-10-16(3)4/h9-16H,5,7H2,1-4,6,8H3/b11-9-,12-10-,19-13-,20-14+. The van der Waals surface area contributed by atoms with Gasteiger partial charge in [-0.3, -0.25) is 0 Å². The Morgan fingerprint density at radius 2 is 1.10 bits per heavy atom. The first-order valence-electron chi connectivity index (χ1n) is 7.49. The molecule has 0 amide bonds. The Morgan fingerprint density at radius 1 is 0.762 bits per heavy atom. The lowest BCUT2D eigenvalue weighted by molar-refractivity contribution is 0.335. The van der Waals surface area contributed by atoms with Gasteiger partial charge in [-0.15, -0.1) is 0 Å². The minimum absolute atomic E-state index is 0.474. The van der Waals surface area contributed by atoms with Crippen LogP contribution < -0.4 is 0 Å². The maximum Gasteiger partial charge on any atom is 0.127 e. The van der Waals surface area contributed by atoms with Crippen LogP contribution in [0.1, 0.15) is 41.5 Å². The quantitative estimate of drug-likeness (QED) is 0.373. The van der Waals surface area contributed by atoms with E-state index in [0.29, 0.717) is 11.8 Å². The van der Waals surface area contributed by atoms with Crippen molar-refractivity contribution in [2.24, 2.45) is 11.8 Å². The Hall–Kier alpha value is -1.76. The lowest BCUT2D eigenvalue weighted by Gasteiger charge is -2.09. The molecule has 1 nitrogen and oxygen atoms in total. The molecule has 0 aliphatic heterocycles. The largest absolute Gasteiger partial charge is 0.457 e. The predicted octanol–water partition coefficient (Wildman–Crippen LogP) is 6.35. The van der Waals surface area contributed by atoms with Gasteiger partial charge in [0.05, 0.1) is 0 Å². The predicted molar refractivity (Wildman–Crippen MR) is 94.8 cm³/mol. The van der Waals surface area contributed by atoms with E-state index in [9.17, 15) is 0 Å². The van der Waals surface area contributed by atoms with Crippen molar-refractivity contribution >= 4 is 0 Å². The van der Waals surface area contributed by atoms with E-state index in [1.165, 1.54) is 0 Å². The Bertz CT molecular complexity index is 424. The molecule has 116 valence electrons. The third kappa shape index (κ3) is 11.7. The summed E-state index contributed by atoms with van der Waals surface area (Å²) in [4.78, 5) is 0. The second kappa shape index (κ2) is 10.0. The molecule has 0 N–H and O–H groups in total. The van der Waals surface area contributed by atoms with Gasteiger partial charge in [-0.25, -0.2) is 0 Å². The maximum atomic E-state index is 6.00. The molecule has 0 saturated carbocycles. The van der Waals surface area contributed by atoms with E-state index in [2.05, 4.69) is 53.0 Å². The van der Waals surface area contributed by atoms with Crippen molar-refractivity contribution in [2.45, 2.75) is 41.5 Å². The van der Waals surface area contributed by atoms with Gasteiger partial charge in [0.25, 0.3) is 0 Å². The summed E-state index contributed by atoms with van der Waals surface area (Å²) in [5.41, 5.74) is 1.92. The number of rotatable bonds is 8. The topological polar surface area (TPSA) is 9.23 Å². The molecule has 0 rings (SSSR count). The normalized spacial score (nSPS) is 13.7. The van der Waals surface area contributed by atoms with Gasteiger partial charge >= 0.3 is 0 Å². The second-order valence-corrected chi connectivity index (χ2v) is 6.09. The van der Waals surface area contributed by atoms with Crippen molar-refractivity contribution in [3.05, 3.63) is 72.3 Å². The molecule has 0 spiro atoms. The lowest BCUT2D eigenvalue weighted by atomic mass is 10.1. The first-order valence-corrected chi connectivity index (χ1v) is 7.49. The van der Waals surface area contributed by atoms with Crippen molar-refractivity contribution in [2.75, 3.05) is 0 Å². The monoisotopic (exact) mass is 286 g/mol. The average molecular weight is 286 g/mol. The summed E-state index contributed by atoms with van der Waals surface area (Å²) in [6, 6.07) is 0. The molecule has 0 aromatic rings. The van der Waals surface area contributed by atoms with Crippen LogP contribution in [-0.2, 0) is 4.74 Å². The van der Waals surface area contributed by atoms with Crippen molar-refractivity contribution in [1.29, 1.82) is 0 Å². The molecule has 21 heavy (non-hydrogen) atoms. The van der Waals surface area contributed by atoms with E-state index in [-0.39, 0.29) is 0 Å². The molecule has 0 radical (unpaired) electrons. The summed E-state index contributed by atoms with van der Waals surface area (Å²) in [5, 5.41) is 0. The molecule has 0 atom stereocenters. The molecule has 0 aliphatic rings. The maximum absolute atomic E-state index is 6.00. The first-order chi connectivity index (χ1) is 9.70. The van der Waals surface area contributed by atoms with Crippen molar-refractivity contribution < 1.29 is 4.74 Å². The van der Waals surface area contributed by atoms with Gasteiger partial charge in [0.15, 0.2) is 0 Å². The number of allylic oxidation sites excluding steroid dienone is 8. The van der Waals surface area contributed by atoms with Gasteiger partial charge in [-0.05, 0) is 50.0 Å². The fraction of sp³-hybridized carbons (Fsp3) is 0.400. The van der Waals surface area contributed by atoms with Crippen LogP contribution in [0, 0.1) is 11.8 Å². The van der Waals surface area contributed by atoms with Crippen LogP contribution in [0.4, 0.5) is 0 Å². The van der Waals surface area contributed by atoms with E-state index in [1.807, 2.05) is 38.2 Å². The summed E-state index contributed by atoms with van der Waals surface area (Å²) < 4.78 is 6.00. The van der Waals surface area contributed by atoms with E-state index < -0.39 is 0 Å². The van der Waals surface area contributed by atoms with Crippen LogP contribution in [0.15, 0.2) is 72.3 Å². The number of hydrogen-bond acceptors (Lipinski definition) is 1. The molecule has 0 aliphatic carbocycles. The molecule has 0 saturated heterocycles. The molecule has 0 aromatic heterocycles. The zero-order chi connectivity index (χ0) is 16.4. The van der Waals surface area contributed by atoms with Gasteiger partial charge in [0, 0.05) is 0 Å². The van der Waals surface area contributed by atoms with E-state index >= 15 is 0 Å². The SMILES string of the molecule is C=C(C)/C=C(/C=C\C(C)C)OC(/C=C\C(C)C)=C/C(=C)C. The molecule has 0 aromatic carbocycles. The summed E-state index contributed by atoms with van der Waals surface area (Å²) >= 11 is 0. The van der Waals surface area contributed by atoms with Crippen LogP contribution in [0.25, 0.3) is 0 Å². The molecule has 1 heteroatoms. The third-order valence-electron chi connectivity index (χ3n) is 2.30. The van der Waals surface area contributed by atoms with Crippen LogP contribution in [0.5, 0.6) is 0 Å². The summed E-state index contributed by atoms with van der Waals surface area (Å²) in [5.74, 6) is 2.53. The fourth-order valence-corrected chi connectivity index (χ4v) is 1.42.